The average Bonchev–Trinajstić information content (AvgIpc) is 2.91. The van der Waals surface area contributed by atoms with Gasteiger partial charge in [-0.05, 0) is 29.7 Å². The molecule has 0 aliphatic rings. The van der Waals surface area contributed by atoms with Crippen LogP contribution in [0.5, 0.6) is 0 Å². The van der Waals surface area contributed by atoms with Crippen molar-refractivity contribution in [1.29, 1.82) is 0 Å². The van der Waals surface area contributed by atoms with Crippen molar-refractivity contribution in [3.8, 4) is 0 Å². The van der Waals surface area contributed by atoms with Crippen molar-refractivity contribution in [3.05, 3.63) is 54.0 Å². The molecule has 0 unspecified atom stereocenters. The summed E-state index contributed by atoms with van der Waals surface area (Å²) in [6.45, 7) is 6.64. The molecule has 0 saturated heterocycles. The van der Waals surface area contributed by atoms with Gasteiger partial charge in [0.25, 0.3) is 0 Å². The van der Waals surface area contributed by atoms with Crippen molar-refractivity contribution in [2.45, 2.75) is 26.3 Å². The Hall–Kier alpha value is -1.74. The minimum Gasteiger partial charge on any atom is -0.467 e. The second kappa shape index (κ2) is 6.43. The highest BCUT2D eigenvalue weighted by Gasteiger charge is 2.13. The fourth-order valence-corrected chi connectivity index (χ4v) is 2.29. The lowest BCUT2D eigenvalue weighted by atomic mass is 10.0. The predicted molar refractivity (Wildman–Crippen MR) is 79.3 cm³/mol. The molecule has 0 fully saturated rings. The van der Waals surface area contributed by atoms with Gasteiger partial charge in [0.2, 0.25) is 0 Å². The lowest BCUT2D eigenvalue weighted by Crippen LogP contribution is -2.29. The predicted octanol–water partition coefficient (Wildman–Crippen LogP) is 3.37. The fraction of sp³-hybridized carbons (Fsp3) is 0.375. The van der Waals surface area contributed by atoms with E-state index in [9.17, 15) is 0 Å². The van der Waals surface area contributed by atoms with Crippen LogP contribution in [0.2, 0.25) is 0 Å². The summed E-state index contributed by atoms with van der Waals surface area (Å²) in [6.07, 6.45) is 1.71. The van der Waals surface area contributed by atoms with Crippen LogP contribution in [0.4, 0.5) is 5.69 Å². The number of hydrogen-bond donors (Lipinski definition) is 1. The van der Waals surface area contributed by atoms with Crippen molar-refractivity contribution < 1.29 is 4.42 Å². The lowest BCUT2D eigenvalue weighted by Gasteiger charge is -2.27. The van der Waals surface area contributed by atoms with E-state index < -0.39 is 0 Å². The maximum atomic E-state index is 5.75. The molecule has 2 aromatic rings. The van der Waals surface area contributed by atoms with Crippen LogP contribution in [0, 0.1) is 0 Å². The van der Waals surface area contributed by atoms with Crippen LogP contribution in [0.3, 0.4) is 0 Å². The Balaban J connectivity index is 2.28. The Morgan fingerprint density at radius 3 is 2.58 bits per heavy atom. The third kappa shape index (κ3) is 3.38. The Morgan fingerprint density at radius 1 is 1.16 bits per heavy atom. The molecule has 2 rings (SSSR count). The Bertz CT molecular complexity index is 491. The normalized spacial score (nSPS) is 10.9. The molecule has 0 saturated carbocycles. The van der Waals surface area contributed by atoms with E-state index in [2.05, 4.69) is 43.0 Å². The molecule has 0 atom stereocenters. The summed E-state index contributed by atoms with van der Waals surface area (Å²) in [6, 6.07) is 12.4. The number of nitrogens with zero attached hydrogens (tertiary/aromatic N) is 1. The van der Waals surface area contributed by atoms with Crippen LogP contribution in [0.15, 0.2) is 47.1 Å². The zero-order valence-electron chi connectivity index (χ0n) is 11.7. The molecule has 1 aromatic carbocycles. The molecule has 0 aliphatic heterocycles. The summed E-state index contributed by atoms with van der Waals surface area (Å²) in [5, 5.41) is 0. The van der Waals surface area contributed by atoms with Gasteiger partial charge in [0.15, 0.2) is 0 Å². The molecule has 3 heteroatoms. The topological polar surface area (TPSA) is 42.4 Å². The summed E-state index contributed by atoms with van der Waals surface area (Å²) >= 11 is 0. The molecular weight excluding hydrogens is 236 g/mol. The molecule has 102 valence electrons. The number of nitrogens with two attached hydrogens (primary N) is 1. The van der Waals surface area contributed by atoms with Gasteiger partial charge in [0.1, 0.15) is 5.76 Å². The van der Waals surface area contributed by atoms with E-state index in [1.807, 2.05) is 12.1 Å². The van der Waals surface area contributed by atoms with Gasteiger partial charge in [-0.2, -0.15) is 0 Å². The highest BCUT2D eigenvalue weighted by atomic mass is 16.3. The number of benzene rings is 1. The summed E-state index contributed by atoms with van der Waals surface area (Å²) in [7, 11) is 0. The van der Waals surface area contributed by atoms with Gasteiger partial charge >= 0.3 is 0 Å². The molecule has 2 N–H and O–H groups in total. The molecule has 0 bridgehead atoms. The maximum absolute atomic E-state index is 5.75. The number of anilines is 1. The second-order valence-electron chi connectivity index (χ2n) is 5.00. The molecule has 0 radical (unpaired) electrons. The molecule has 19 heavy (non-hydrogen) atoms. The van der Waals surface area contributed by atoms with Crippen LogP contribution >= 0.6 is 0 Å². The van der Waals surface area contributed by atoms with Crippen molar-refractivity contribution in [3.63, 3.8) is 0 Å². The van der Waals surface area contributed by atoms with E-state index in [0.29, 0.717) is 12.5 Å². The minimum atomic E-state index is 0.494. The van der Waals surface area contributed by atoms with Gasteiger partial charge in [-0.3, -0.25) is 0 Å². The summed E-state index contributed by atoms with van der Waals surface area (Å²) in [5.74, 6) is 1.46. The third-order valence-electron chi connectivity index (χ3n) is 3.23. The van der Waals surface area contributed by atoms with Crippen LogP contribution < -0.4 is 10.6 Å². The number of furan rings is 1. The number of rotatable bonds is 6. The SMILES string of the molecule is CC(C)c1ccccc1N(CCN)Cc1ccco1. The lowest BCUT2D eigenvalue weighted by molar-refractivity contribution is 0.502. The van der Waals surface area contributed by atoms with Crippen molar-refractivity contribution in [2.24, 2.45) is 5.73 Å². The smallest absolute Gasteiger partial charge is 0.123 e. The van der Waals surface area contributed by atoms with Crippen molar-refractivity contribution >= 4 is 5.69 Å². The van der Waals surface area contributed by atoms with Crippen LogP contribution in [0.1, 0.15) is 31.1 Å². The van der Waals surface area contributed by atoms with E-state index in [4.69, 9.17) is 10.2 Å². The number of para-hydroxylation sites is 1. The molecular formula is C16H22N2O. The average molecular weight is 258 g/mol. The first-order chi connectivity index (χ1) is 9.22. The van der Waals surface area contributed by atoms with E-state index in [1.54, 1.807) is 6.26 Å². The monoisotopic (exact) mass is 258 g/mol. The van der Waals surface area contributed by atoms with Gasteiger partial charge in [-0.1, -0.05) is 32.0 Å². The Morgan fingerprint density at radius 2 is 1.95 bits per heavy atom. The third-order valence-corrected chi connectivity index (χ3v) is 3.23. The van der Waals surface area contributed by atoms with Gasteiger partial charge in [0, 0.05) is 18.8 Å². The quantitative estimate of drug-likeness (QED) is 0.863. The standard InChI is InChI=1S/C16H22N2O/c1-13(2)15-7-3-4-8-16(15)18(10-9-17)12-14-6-5-11-19-14/h3-8,11,13H,9-10,12,17H2,1-2H3. The molecule has 1 aromatic heterocycles. The van der Waals surface area contributed by atoms with E-state index in [1.165, 1.54) is 11.3 Å². The highest BCUT2D eigenvalue weighted by molar-refractivity contribution is 5.55. The zero-order valence-corrected chi connectivity index (χ0v) is 11.7. The zero-order chi connectivity index (χ0) is 13.7. The number of hydrogen-bond acceptors (Lipinski definition) is 3. The molecule has 1 heterocycles. The van der Waals surface area contributed by atoms with Crippen molar-refractivity contribution in [2.75, 3.05) is 18.0 Å². The maximum Gasteiger partial charge on any atom is 0.123 e. The largest absolute Gasteiger partial charge is 0.467 e. The molecule has 3 nitrogen and oxygen atoms in total. The first-order valence-corrected chi connectivity index (χ1v) is 6.78. The van der Waals surface area contributed by atoms with Crippen LogP contribution in [0.25, 0.3) is 0 Å². The summed E-state index contributed by atoms with van der Waals surface area (Å²) in [4.78, 5) is 2.29. The first-order valence-electron chi connectivity index (χ1n) is 6.78. The first kappa shape index (κ1) is 13.7. The van der Waals surface area contributed by atoms with Gasteiger partial charge in [-0.15, -0.1) is 0 Å². The Kier molecular flexibility index (Phi) is 4.63. The fourth-order valence-electron chi connectivity index (χ4n) is 2.29. The molecule has 0 amide bonds. The van der Waals surface area contributed by atoms with E-state index in [-0.39, 0.29) is 0 Å². The van der Waals surface area contributed by atoms with E-state index >= 15 is 0 Å². The minimum absolute atomic E-state index is 0.494. The summed E-state index contributed by atoms with van der Waals surface area (Å²) < 4.78 is 5.45. The van der Waals surface area contributed by atoms with Gasteiger partial charge in [-0.25, -0.2) is 0 Å². The second-order valence-corrected chi connectivity index (χ2v) is 5.00. The van der Waals surface area contributed by atoms with Crippen LogP contribution in [-0.4, -0.2) is 13.1 Å². The highest BCUT2D eigenvalue weighted by Crippen LogP contribution is 2.28. The van der Waals surface area contributed by atoms with Gasteiger partial charge < -0.3 is 15.1 Å². The van der Waals surface area contributed by atoms with E-state index in [0.717, 1.165) is 18.8 Å². The van der Waals surface area contributed by atoms with Crippen molar-refractivity contribution in [1.82, 2.24) is 0 Å². The Labute approximate surface area is 115 Å². The van der Waals surface area contributed by atoms with Gasteiger partial charge in [0.05, 0.1) is 12.8 Å². The van der Waals surface area contributed by atoms with Crippen LogP contribution in [-0.2, 0) is 6.54 Å². The molecule has 0 aliphatic carbocycles. The summed E-state index contributed by atoms with van der Waals surface area (Å²) in [5.41, 5.74) is 8.35. The molecule has 0 spiro atoms.